The number of hydrogen-bond acceptors (Lipinski definition) is 2. The standard InChI is InChI=1S/C10H11F2N3/c1-6(13)9-14-7-4-2-3-5-8(7)15(9)10(11)12/h2-6,10H,13H2,1H3/t6-/m0/s1. The monoisotopic (exact) mass is 211 g/mol. The first-order chi connectivity index (χ1) is 7.11. The number of hydrogen-bond donors (Lipinski definition) is 1. The van der Waals surface area contributed by atoms with Gasteiger partial charge >= 0.3 is 6.55 Å². The molecule has 2 rings (SSSR count). The molecule has 0 radical (unpaired) electrons. The average Bonchev–Trinajstić information content (AvgIpc) is 2.56. The molecule has 0 aliphatic rings. The Morgan fingerprint density at radius 2 is 2.00 bits per heavy atom. The van der Waals surface area contributed by atoms with E-state index < -0.39 is 12.6 Å². The number of para-hydroxylation sites is 2. The molecule has 80 valence electrons. The molecule has 0 saturated carbocycles. The quantitative estimate of drug-likeness (QED) is 0.829. The summed E-state index contributed by atoms with van der Waals surface area (Å²) in [6, 6.07) is 6.26. The Labute approximate surface area is 85.5 Å². The van der Waals surface area contributed by atoms with Gasteiger partial charge in [-0.3, -0.25) is 4.57 Å². The Balaban J connectivity index is 2.75. The zero-order valence-corrected chi connectivity index (χ0v) is 8.19. The van der Waals surface area contributed by atoms with Gasteiger partial charge in [0.25, 0.3) is 0 Å². The number of aromatic nitrogens is 2. The fourth-order valence-electron chi connectivity index (χ4n) is 1.59. The molecule has 2 N–H and O–H groups in total. The summed E-state index contributed by atoms with van der Waals surface area (Å²) in [5.41, 5.74) is 6.56. The van der Waals surface area contributed by atoms with Crippen molar-refractivity contribution in [2.45, 2.75) is 19.5 Å². The smallest absolute Gasteiger partial charge is 0.320 e. The number of nitrogens with two attached hydrogens (primary N) is 1. The molecule has 0 fully saturated rings. The van der Waals surface area contributed by atoms with Crippen molar-refractivity contribution in [2.24, 2.45) is 5.73 Å². The maximum Gasteiger partial charge on any atom is 0.320 e. The molecular formula is C10H11F2N3. The molecule has 1 atom stereocenters. The fourth-order valence-corrected chi connectivity index (χ4v) is 1.59. The van der Waals surface area contributed by atoms with Crippen LogP contribution in [0.5, 0.6) is 0 Å². The van der Waals surface area contributed by atoms with Crippen LogP contribution in [0.2, 0.25) is 0 Å². The van der Waals surface area contributed by atoms with E-state index >= 15 is 0 Å². The summed E-state index contributed by atoms with van der Waals surface area (Å²) in [4.78, 5) is 4.09. The number of halogens is 2. The first kappa shape index (κ1) is 10.0. The molecule has 0 aliphatic heterocycles. The fraction of sp³-hybridized carbons (Fsp3) is 0.300. The van der Waals surface area contributed by atoms with E-state index in [2.05, 4.69) is 4.98 Å². The molecule has 3 nitrogen and oxygen atoms in total. The van der Waals surface area contributed by atoms with Crippen molar-refractivity contribution in [1.29, 1.82) is 0 Å². The zero-order valence-electron chi connectivity index (χ0n) is 8.19. The molecule has 2 aromatic rings. The van der Waals surface area contributed by atoms with Crippen LogP contribution in [-0.2, 0) is 0 Å². The number of alkyl halides is 2. The van der Waals surface area contributed by atoms with Gasteiger partial charge in [-0.25, -0.2) is 4.98 Å². The molecule has 15 heavy (non-hydrogen) atoms. The maximum absolute atomic E-state index is 12.8. The number of rotatable bonds is 2. The first-order valence-corrected chi connectivity index (χ1v) is 4.62. The van der Waals surface area contributed by atoms with Gasteiger partial charge in [-0.05, 0) is 19.1 Å². The van der Waals surface area contributed by atoms with Crippen LogP contribution in [0.4, 0.5) is 8.78 Å². The van der Waals surface area contributed by atoms with Crippen LogP contribution in [0.1, 0.15) is 25.3 Å². The van der Waals surface area contributed by atoms with Gasteiger partial charge in [-0.1, -0.05) is 12.1 Å². The second kappa shape index (κ2) is 3.58. The summed E-state index contributed by atoms with van der Waals surface area (Å²) >= 11 is 0. The van der Waals surface area contributed by atoms with Crippen molar-refractivity contribution in [3.8, 4) is 0 Å². The molecule has 1 heterocycles. The largest absolute Gasteiger partial charge is 0.322 e. The topological polar surface area (TPSA) is 43.8 Å². The second-order valence-electron chi connectivity index (χ2n) is 3.40. The molecule has 5 heteroatoms. The number of fused-ring (bicyclic) bond motifs is 1. The molecule has 0 saturated heterocycles. The van der Waals surface area contributed by atoms with E-state index in [0.29, 0.717) is 11.0 Å². The molecule has 0 bridgehead atoms. The van der Waals surface area contributed by atoms with Crippen LogP contribution in [0, 0.1) is 0 Å². The van der Waals surface area contributed by atoms with Crippen LogP contribution >= 0.6 is 0 Å². The van der Waals surface area contributed by atoms with E-state index in [4.69, 9.17) is 5.73 Å². The van der Waals surface area contributed by atoms with Gasteiger partial charge in [0.05, 0.1) is 17.1 Å². The number of imidazole rings is 1. The first-order valence-electron chi connectivity index (χ1n) is 4.62. The molecule has 0 aliphatic carbocycles. The van der Waals surface area contributed by atoms with Gasteiger partial charge in [-0.15, -0.1) is 0 Å². The van der Waals surface area contributed by atoms with Crippen molar-refractivity contribution >= 4 is 11.0 Å². The van der Waals surface area contributed by atoms with Gasteiger partial charge in [-0.2, -0.15) is 8.78 Å². The summed E-state index contributed by atoms with van der Waals surface area (Å²) in [5, 5.41) is 0. The van der Waals surface area contributed by atoms with E-state index in [1.54, 1.807) is 31.2 Å². The Hall–Kier alpha value is -1.49. The van der Waals surface area contributed by atoms with Crippen molar-refractivity contribution in [3.05, 3.63) is 30.1 Å². The van der Waals surface area contributed by atoms with Crippen LogP contribution in [0.3, 0.4) is 0 Å². The molecule has 0 spiro atoms. The van der Waals surface area contributed by atoms with Crippen molar-refractivity contribution < 1.29 is 8.78 Å². The van der Waals surface area contributed by atoms with Crippen molar-refractivity contribution in [3.63, 3.8) is 0 Å². The number of nitrogens with zero attached hydrogens (tertiary/aromatic N) is 2. The lowest BCUT2D eigenvalue weighted by Crippen LogP contribution is -2.14. The van der Waals surface area contributed by atoms with Gasteiger partial charge in [0.2, 0.25) is 0 Å². The maximum atomic E-state index is 12.8. The van der Waals surface area contributed by atoms with E-state index in [1.807, 2.05) is 0 Å². The molecule has 0 amide bonds. The molecule has 1 aromatic heterocycles. The third-order valence-electron chi connectivity index (χ3n) is 2.23. The lowest BCUT2D eigenvalue weighted by atomic mass is 10.3. The summed E-state index contributed by atoms with van der Waals surface area (Å²) < 4.78 is 26.5. The van der Waals surface area contributed by atoms with E-state index in [0.717, 1.165) is 4.57 Å². The highest BCUT2D eigenvalue weighted by Gasteiger charge is 2.19. The predicted octanol–water partition coefficient (Wildman–Crippen LogP) is 2.45. The zero-order chi connectivity index (χ0) is 11.0. The lowest BCUT2D eigenvalue weighted by Gasteiger charge is -2.09. The van der Waals surface area contributed by atoms with Crippen LogP contribution < -0.4 is 5.73 Å². The van der Waals surface area contributed by atoms with Crippen LogP contribution in [0.15, 0.2) is 24.3 Å². The van der Waals surface area contributed by atoms with Crippen LogP contribution in [0.25, 0.3) is 11.0 Å². The third kappa shape index (κ3) is 1.59. The molecular weight excluding hydrogens is 200 g/mol. The Kier molecular flexibility index (Phi) is 2.40. The van der Waals surface area contributed by atoms with E-state index in [9.17, 15) is 8.78 Å². The Bertz CT molecular complexity index is 476. The summed E-state index contributed by atoms with van der Waals surface area (Å²) in [6.07, 6.45) is 0. The molecule has 0 unspecified atom stereocenters. The normalized spacial score (nSPS) is 13.7. The second-order valence-corrected chi connectivity index (χ2v) is 3.40. The van der Waals surface area contributed by atoms with Gasteiger partial charge < -0.3 is 5.73 Å². The van der Waals surface area contributed by atoms with Crippen molar-refractivity contribution in [2.75, 3.05) is 0 Å². The lowest BCUT2D eigenvalue weighted by molar-refractivity contribution is 0.0705. The predicted molar refractivity (Wildman–Crippen MR) is 53.6 cm³/mol. The summed E-state index contributed by atoms with van der Waals surface area (Å²) in [5.74, 6) is 0.214. The van der Waals surface area contributed by atoms with E-state index in [1.165, 1.54) is 0 Å². The van der Waals surface area contributed by atoms with Gasteiger partial charge in [0.1, 0.15) is 5.82 Å². The minimum atomic E-state index is -2.61. The highest BCUT2D eigenvalue weighted by molar-refractivity contribution is 5.76. The Morgan fingerprint density at radius 3 is 2.60 bits per heavy atom. The van der Waals surface area contributed by atoms with Gasteiger partial charge in [0.15, 0.2) is 0 Å². The summed E-state index contributed by atoms with van der Waals surface area (Å²) in [7, 11) is 0. The minimum absolute atomic E-state index is 0.214. The third-order valence-corrected chi connectivity index (χ3v) is 2.23. The molecule has 1 aromatic carbocycles. The highest BCUT2D eigenvalue weighted by atomic mass is 19.3. The minimum Gasteiger partial charge on any atom is -0.322 e. The van der Waals surface area contributed by atoms with E-state index in [-0.39, 0.29) is 5.82 Å². The highest BCUT2D eigenvalue weighted by Crippen LogP contribution is 2.25. The van der Waals surface area contributed by atoms with Crippen LogP contribution in [-0.4, -0.2) is 9.55 Å². The Morgan fingerprint density at radius 1 is 1.33 bits per heavy atom. The number of benzene rings is 1. The average molecular weight is 211 g/mol. The summed E-state index contributed by atoms with van der Waals surface area (Å²) in [6.45, 7) is -0.974. The van der Waals surface area contributed by atoms with Crippen molar-refractivity contribution in [1.82, 2.24) is 9.55 Å². The van der Waals surface area contributed by atoms with Gasteiger partial charge in [0, 0.05) is 0 Å². The SMILES string of the molecule is C[C@H](N)c1nc2ccccc2n1C(F)F.